The molecule has 5 nitrogen and oxygen atoms in total. The Morgan fingerprint density at radius 1 is 1.24 bits per heavy atom. The van der Waals surface area contributed by atoms with E-state index in [0.717, 1.165) is 57.0 Å². The minimum Gasteiger partial charge on any atom is -0.493 e. The van der Waals surface area contributed by atoms with Crippen molar-refractivity contribution in [1.29, 1.82) is 0 Å². The highest BCUT2D eigenvalue weighted by molar-refractivity contribution is 5.79. The Hall–Kier alpha value is -1.78. The predicted octanol–water partition coefficient (Wildman–Crippen LogP) is 1.93. The fourth-order valence-corrected chi connectivity index (χ4v) is 3.04. The van der Waals surface area contributed by atoms with Crippen molar-refractivity contribution in [3.05, 3.63) is 18.3 Å². The van der Waals surface area contributed by atoms with Crippen molar-refractivity contribution in [3.63, 3.8) is 0 Å². The van der Waals surface area contributed by atoms with Crippen LogP contribution in [0, 0.1) is 5.92 Å². The van der Waals surface area contributed by atoms with Crippen molar-refractivity contribution >= 4 is 11.7 Å². The molecule has 0 aromatic carbocycles. The van der Waals surface area contributed by atoms with Crippen LogP contribution in [0.3, 0.4) is 0 Å². The molecule has 1 saturated carbocycles. The number of methoxy groups -OCH3 is 1. The molecule has 0 radical (unpaired) electrons. The van der Waals surface area contributed by atoms with Crippen LogP contribution in [0.5, 0.6) is 5.75 Å². The van der Waals surface area contributed by atoms with E-state index in [1.54, 1.807) is 13.3 Å². The Labute approximate surface area is 125 Å². The minimum absolute atomic E-state index is 0.293. The summed E-state index contributed by atoms with van der Waals surface area (Å²) in [5, 5.41) is 0. The van der Waals surface area contributed by atoms with Crippen LogP contribution in [0.25, 0.3) is 0 Å². The first-order valence-corrected chi connectivity index (χ1v) is 7.82. The molecule has 0 spiro atoms. The summed E-state index contributed by atoms with van der Waals surface area (Å²) in [5.41, 5.74) is 0. The number of carbonyl (C=O) groups excluding carboxylic acids is 1. The smallest absolute Gasteiger partial charge is 0.225 e. The molecule has 2 aliphatic rings. The van der Waals surface area contributed by atoms with Crippen molar-refractivity contribution in [3.8, 4) is 5.75 Å². The van der Waals surface area contributed by atoms with Gasteiger partial charge in [0.2, 0.25) is 5.91 Å². The Bertz CT molecular complexity index is 502. The van der Waals surface area contributed by atoms with Gasteiger partial charge in [-0.3, -0.25) is 4.79 Å². The van der Waals surface area contributed by atoms with E-state index >= 15 is 0 Å². The molecule has 0 atom stereocenters. The predicted molar refractivity (Wildman–Crippen MR) is 81.5 cm³/mol. The number of amides is 1. The van der Waals surface area contributed by atoms with Crippen LogP contribution in [0.4, 0.5) is 5.82 Å². The van der Waals surface area contributed by atoms with Crippen LogP contribution in [0.15, 0.2) is 18.3 Å². The van der Waals surface area contributed by atoms with Gasteiger partial charge < -0.3 is 14.5 Å². The lowest BCUT2D eigenvalue weighted by Crippen LogP contribution is -2.41. The van der Waals surface area contributed by atoms with Gasteiger partial charge in [0, 0.05) is 38.3 Å². The highest BCUT2D eigenvalue weighted by Crippen LogP contribution is 2.29. The number of aromatic nitrogens is 1. The fourth-order valence-electron chi connectivity index (χ4n) is 3.04. The average molecular weight is 289 g/mol. The minimum atomic E-state index is 0.293. The summed E-state index contributed by atoms with van der Waals surface area (Å²) in [6.07, 6.45) is 6.14. The standard InChI is InChI=1S/C16H23N3O2/c1-21-14-7-3-8-17-15(14)18-9-4-10-19(12-11-18)16(20)13-5-2-6-13/h3,7-8,13H,2,4-6,9-12H2,1H3. The monoisotopic (exact) mass is 289 g/mol. The largest absolute Gasteiger partial charge is 0.493 e. The zero-order valence-corrected chi connectivity index (χ0v) is 12.6. The third-order valence-electron chi connectivity index (χ3n) is 4.53. The van der Waals surface area contributed by atoms with Crippen molar-refractivity contribution < 1.29 is 9.53 Å². The van der Waals surface area contributed by atoms with Gasteiger partial charge in [-0.05, 0) is 31.4 Å². The third kappa shape index (κ3) is 2.96. The lowest BCUT2D eigenvalue weighted by molar-refractivity contribution is -0.137. The molecule has 114 valence electrons. The average Bonchev–Trinajstić information content (AvgIpc) is 2.71. The number of hydrogen-bond acceptors (Lipinski definition) is 4. The number of carbonyl (C=O) groups is 1. The van der Waals surface area contributed by atoms with E-state index in [-0.39, 0.29) is 0 Å². The quantitative estimate of drug-likeness (QED) is 0.853. The van der Waals surface area contributed by atoms with Gasteiger partial charge in [0.05, 0.1) is 7.11 Å². The summed E-state index contributed by atoms with van der Waals surface area (Å²) in [5.74, 6) is 2.34. The molecule has 1 saturated heterocycles. The Morgan fingerprint density at radius 3 is 2.81 bits per heavy atom. The molecule has 2 fully saturated rings. The topological polar surface area (TPSA) is 45.7 Å². The molecule has 1 aromatic rings. The van der Waals surface area contributed by atoms with Gasteiger partial charge in [0.15, 0.2) is 11.6 Å². The summed E-state index contributed by atoms with van der Waals surface area (Å²) in [7, 11) is 1.67. The van der Waals surface area contributed by atoms with Gasteiger partial charge in [-0.25, -0.2) is 4.98 Å². The van der Waals surface area contributed by atoms with Crippen LogP contribution in [-0.2, 0) is 4.79 Å². The highest BCUT2D eigenvalue weighted by atomic mass is 16.5. The second-order valence-electron chi connectivity index (χ2n) is 5.82. The van der Waals surface area contributed by atoms with E-state index in [1.807, 2.05) is 17.0 Å². The van der Waals surface area contributed by atoms with Crippen molar-refractivity contribution in [2.45, 2.75) is 25.7 Å². The van der Waals surface area contributed by atoms with Crippen LogP contribution in [-0.4, -0.2) is 49.1 Å². The zero-order chi connectivity index (χ0) is 14.7. The van der Waals surface area contributed by atoms with Gasteiger partial charge in [-0.1, -0.05) is 6.42 Å². The Morgan fingerprint density at radius 2 is 2.10 bits per heavy atom. The van der Waals surface area contributed by atoms with Crippen LogP contribution >= 0.6 is 0 Å². The molecule has 1 aromatic heterocycles. The molecule has 1 aliphatic carbocycles. The van der Waals surface area contributed by atoms with E-state index in [1.165, 1.54) is 6.42 Å². The summed E-state index contributed by atoms with van der Waals surface area (Å²) in [4.78, 5) is 21.1. The first-order valence-electron chi connectivity index (χ1n) is 7.82. The summed E-state index contributed by atoms with van der Waals surface area (Å²) >= 11 is 0. The number of anilines is 1. The van der Waals surface area contributed by atoms with E-state index in [2.05, 4.69) is 9.88 Å². The van der Waals surface area contributed by atoms with Gasteiger partial charge in [0.1, 0.15) is 0 Å². The fraction of sp³-hybridized carbons (Fsp3) is 0.625. The molecule has 3 rings (SSSR count). The number of ether oxygens (including phenoxy) is 1. The van der Waals surface area contributed by atoms with Gasteiger partial charge in [-0.15, -0.1) is 0 Å². The second kappa shape index (κ2) is 6.33. The van der Waals surface area contributed by atoms with E-state index in [0.29, 0.717) is 11.8 Å². The maximum absolute atomic E-state index is 12.4. The van der Waals surface area contributed by atoms with Crippen LogP contribution < -0.4 is 9.64 Å². The maximum atomic E-state index is 12.4. The number of pyridine rings is 1. The lowest BCUT2D eigenvalue weighted by Gasteiger charge is -2.31. The maximum Gasteiger partial charge on any atom is 0.225 e. The number of rotatable bonds is 3. The second-order valence-corrected chi connectivity index (χ2v) is 5.82. The first-order chi connectivity index (χ1) is 10.3. The van der Waals surface area contributed by atoms with E-state index < -0.39 is 0 Å². The van der Waals surface area contributed by atoms with Gasteiger partial charge in [0.25, 0.3) is 0 Å². The normalized spacial score (nSPS) is 19.9. The summed E-state index contributed by atoms with van der Waals surface area (Å²) < 4.78 is 5.39. The first kappa shape index (κ1) is 14.2. The number of nitrogens with zero attached hydrogens (tertiary/aromatic N) is 3. The molecule has 0 unspecified atom stereocenters. The van der Waals surface area contributed by atoms with Crippen molar-refractivity contribution in [2.75, 3.05) is 38.2 Å². The zero-order valence-electron chi connectivity index (χ0n) is 12.6. The Balaban J connectivity index is 1.66. The van der Waals surface area contributed by atoms with Crippen LogP contribution in [0.1, 0.15) is 25.7 Å². The lowest BCUT2D eigenvalue weighted by atomic mass is 9.84. The van der Waals surface area contributed by atoms with Gasteiger partial charge in [-0.2, -0.15) is 0 Å². The molecule has 2 heterocycles. The molecule has 1 amide bonds. The summed E-state index contributed by atoms with van der Waals surface area (Å²) in [6.45, 7) is 3.39. The van der Waals surface area contributed by atoms with Crippen LogP contribution in [0.2, 0.25) is 0 Å². The molecule has 0 N–H and O–H groups in total. The SMILES string of the molecule is COc1cccnc1N1CCCN(C(=O)C2CCC2)CC1. The molecular formula is C16H23N3O2. The molecule has 1 aliphatic heterocycles. The molecular weight excluding hydrogens is 266 g/mol. The third-order valence-corrected chi connectivity index (χ3v) is 4.53. The van der Waals surface area contributed by atoms with Crippen molar-refractivity contribution in [1.82, 2.24) is 9.88 Å². The number of hydrogen-bond donors (Lipinski definition) is 0. The molecule has 21 heavy (non-hydrogen) atoms. The summed E-state index contributed by atoms with van der Waals surface area (Å²) in [6, 6.07) is 3.82. The van der Waals surface area contributed by atoms with E-state index in [9.17, 15) is 4.79 Å². The molecule has 0 bridgehead atoms. The Kier molecular flexibility index (Phi) is 4.27. The highest BCUT2D eigenvalue weighted by Gasteiger charge is 2.30. The van der Waals surface area contributed by atoms with E-state index in [4.69, 9.17) is 4.74 Å². The van der Waals surface area contributed by atoms with Crippen molar-refractivity contribution in [2.24, 2.45) is 5.92 Å². The van der Waals surface area contributed by atoms with Gasteiger partial charge >= 0.3 is 0 Å². The molecule has 5 heteroatoms.